The molecule has 0 aliphatic carbocycles. The Morgan fingerprint density at radius 2 is 0.928 bits per heavy atom. The summed E-state index contributed by atoms with van der Waals surface area (Å²) in [5.41, 5.74) is 22.2. The molecule has 0 aromatic carbocycles. The Balaban J connectivity index is 2.54. The van der Waals surface area contributed by atoms with Gasteiger partial charge in [-0.3, -0.25) is 101 Å². The number of aliphatic hydroxyl groups is 1. The zero-order valence-corrected chi connectivity index (χ0v) is 71.9. The van der Waals surface area contributed by atoms with Crippen molar-refractivity contribution in [2.45, 2.75) is 262 Å². The summed E-state index contributed by atoms with van der Waals surface area (Å²) >= 11 is 1.33. The first-order valence-corrected chi connectivity index (χ1v) is 41.8. The van der Waals surface area contributed by atoms with Gasteiger partial charge in [0.15, 0.2) is 5.96 Å². The lowest BCUT2D eigenvalue weighted by atomic mass is 9.96. The monoisotopic (exact) mass is 1790 g/mol. The summed E-state index contributed by atoms with van der Waals surface area (Å²) in [6.45, 7) is 10.9. The molecule has 0 unspecified atom stereocenters. The van der Waals surface area contributed by atoms with Gasteiger partial charge < -0.3 is 138 Å². The molecule has 700 valence electrons. The highest BCUT2D eigenvalue weighted by Crippen LogP contribution is 2.22. The molecule has 125 heavy (non-hydrogen) atoms. The molecule has 2 rings (SSSR count). The number of H-pyrrole nitrogens is 1. The van der Waals surface area contributed by atoms with Gasteiger partial charge in [0.1, 0.15) is 84.6 Å². The number of aliphatic hydroxyl groups excluding tert-OH is 1. The van der Waals surface area contributed by atoms with Gasteiger partial charge in [0.05, 0.1) is 31.8 Å². The van der Waals surface area contributed by atoms with Crippen molar-refractivity contribution in [1.29, 1.82) is 5.41 Å². The molecular weight excluding hydrogens is 1670 g/mol. The van der Waals surface area contributed by atoms with Crippen LogP contribution in [-0.4, -0.2) is 298 Å². The summed E-state index contributed by atoms with van der Waals surface area (Å²) in [7, 11) is 0. The molecule has 0 bridgehead atoms. The van der Waals surface area contributed by atoms with Gasteiger partial charge in [-0.05, 0) is 99.9 Å². The lowest BCUT2D eigenvalue weighted by Gasteiger charge is -2.30. The number of primary amides is 2. The van der Waals surface area contributed by atoms with E-state index >= 15 is 0 Å². The zero-order valence-electron chi connectivity index (χ0n) is 71.0. The quantitative estimate of drug-likeness (QED) is 0.0164. The minimum absolute atomic E-state index is 0.00936. The van der Waals surface area contributed by atoms with Crippen LogP contribution in [0.2, 0.25) is 0 Å². The number of carboxylic acid groups (broad SMARTS) is 5. The van der Waals surface area contributed by atoms with Crippen LogP contribution in [0, 0.1) is 29.1 Å². The third-order valence-corrected chi connectivity index (χ3v) is 20.3. The minimum Gasteiger partial charge on any atom is -0.481 e. The Morgan fingerprint density at radius 1 is 0.496 bits per heavy atom. The fourth-order valence-corrected chi connectivity index (χ4v) is 13.0. The molecule has 1 fully saturated rings. The number of likely N-dealkylation sites (tertiary alicyclic amines) is 1. The summed E-state index contributed by atoms with van der Waals surface area (Å²) in [5.74, 6) is -28.3. The molecule has 16 amide bonds. The Morgan fingerprint density at radius 3 is 1.40 bits per heavy atom. The number of amides is 16. The molecule has 16 atom stereocenters. The Labute approximate surface area is 723 Å². The average molecular weight is 1800 g/mol. The van der Waals surface area contributed by atoms with Gasteiger partial charge in [0, 0.05) is 57.1 Å². The highest BCUT2D eigenvalue weighted by molar-refractivity contribution is 7.98. The van der Waals surface area contributed by atoms with Crippen molar-refractivity contribution >= 4 is 142 Å². The number of thioether (sulfide) groups is 1. The van der Waals surface area contributed by atoms with Crippen LogP contribution in [-0.2, 0) is 107 Å². The Kier molecular flexibility index (Phi) is 47.8. The van der Waals surface area contributed by atoms with Crippen LogP contribution in [0.25, 0.3) is 0 Å². The lowest BCUT2D eigenvalue weighted by Crippen LogP contribution is -2.62. The van der Waals surface area contributed by atoms with Gasteiger partial charge in [0.25, 0.3) is 0 Å². The number of carboxylic acids is 5. The molecule has 49 nitrogen and oxygen atoms in total. The summed E-state index contributed by atoms with van der Waals surface area (Å²) in [4.78, 5) is 290. The van der Waals surface area contributed by atoms with E-state index in [0.717, 1.165) is 4.90 Å². The summed E-state index contributed by atoms with van der Waals surface area (Å²) in [6.07, 6.45) is -3.73. The number of hydrogen-bond donors (Lipinski definition) is 26. The number of carbonyl (C=O) groups excluding carboxylic acids is 16. The third kappa shape index (κ3) is 39.8. The number of nitrogens with one attached hydrogen (secondary N) is 16. The second-order valence-corrected chi connectivity index (χ2v) is 32.0. The number of nitrogens with two attached hydrogens (primary N) is 4. The van der Waals surface area contributed by atoms with Gasteiger partial charge in [0.2, 0.25) is 94.5 Å². The van der Waals surface area contributed by atoms with Crippen LogP contribution in [0.15, 0.2) is 12.5 Å². The predicted octanol–water partition coefficient (Wildman–Crippen LogP) is -7.72. The summed E-state index contributed by atoms with van der Waals surface area (Å²) in [6, 6.07) is -25.3. The van der Waals surface area contributed by atoms with Crippen LogP contribution in [0.5, 0.6) is 0 Å². The molecule has 1 aliphatic rings. The zero-order chi connectivity index (χ0) is 94.8. The highest BCUT2D eigenvalue weighted by atomic mass is 32.2. The highest BCUT2D eigenvalue weighted by Gasteiger charge is 2.43. The van der Waals surface area contributed by atoms with Crippen molar-refractivity contribution in [2.24, 2.45) is 46.6 Å². The molecule has 2 heterocycles. The predicted molar refractivity (Wildman–Crippen MR) is 441 cm³/mol. The van der Waals surface area contributed by atoms with Crippen LogP contribution in [0.3, 0.4) is 0 Å². The Hall–Kier alpha value is -12.4. The molecule has 1 saturated heterocycles. The number of imidazole rings is 1. The van der Waals surface area contributed by atoms with E-state index in [1.165, 1.54) is 45.1 Å². The SMILES string of the molecule is CC[C@H](C)[C@H](NC(=O)[C@H](CO)NC(=O)[C@H](CCC(=O)O)NC(=O)[C@@H]1CCCN1C(=O)[C@H](CC(N)=O)NC(=O)[C@@H](N)CCC(=O)O)C(=O)N[C@@H](CC(C)C)C(=O)N[C@@H](CC(=O)O)C(=O)N[C@@H](CCC(=O)O)C(=O)N[C@@H](Cc1cnc[nH]1)C(=O)N[C@H](C(=O)N[C@@H](CCC(N)=O)C(=O)N[C@@H](CCCNC(=N)N)C(=O)N[C@H](C(=O)N[C@@H](CCSC)C(=O)O)C(C)C)C(C)C. The Bertz CT molecular complexity index is 3950. The normalized spacial score (nSPS) is 16.0. The second-order valence-electron chi connectivity index (χ2n) is 31.0. The van der Waals surface area contributed by atoms with E-state index in [1.54, 1.807) is 40.9 Å². The van der Waals surface area contributed by atoms with Crippen molar-refractivity contribution in [3.63, 3.8) is 0 Å². The largest absolute Gasteiger partial charge is 0.481 e. The fraction of sp³-hybridized carbons (Fsp3) is 0.667. The molecule has 30 N–H and O–H groups in total. The van der Waals surface area contributed by atoms with E-state index in [9.17, 15) is 126 Å². The maximum Gasteiger partial charge on any atom is 0.326 e. The van der Waals surface area contributed by atoms with E-state index in [-0.39, 0.29) is 70.2 Å². The van der Waals surface area contributed by atoms with Crippen LogP contribution in [0.1, 0.15) is 170 Å². The van der Waals surface area contributed by atoms with Crippen LogP contribution >= 0.6 is 11.8 Å². The molecule has 0 spiro atoms. The average Bonchev–Trinajstić information content (AvgIpc) is 1.69. The first kappa shape index (κ1) is 109. The van der Waals surface area contributed by atoms with Gasteiger partial charge in [-0.25, -0.2) is 9.78 Å². The van der Waals surface area contributed by atoms with E-state index in [2.05, 4.69) is 84.4 Å². The standard InChI is InChI=1S/C75H122N22O27S/c1-10-37(8)59(96-68(117)49(32-98)93-63(112)43(18-22-55(105)106)86-69(118)50-14-12-25-97(50)73(122)48(29-52(78)100)92-60(109)39(76)15-20-53(101)102)72(121)91-45(27-34(2)3)65(114)90-47(30-56(107)108)66(115)85-42(17-21-54(103)104)62(111)89-46(28-38-31-81-33-83-38)67(116)95-57(35(4)5)70(119)87-41(16-19-51(77)99)61(110)84-40(13-11-24-82-75(79)80)64(113)94-58(36(6)7)71(120)88-44(74(123)124)23-26-125-9/h31,33-37,39-50,57-59,98H,10-30,32,76H2,1-9H3,(H2,77,99)(H2,78,100)(H,81,83)(H,84,110)(H,85,115)(H,86,118)(H,87,119)(H,88,120)(H,89,111)(H,90,114)(H,91,121)(H,92,109)(H,93,112)(H,94,113)(H,95,116)(H,96,117)(H,101,102)(H,103,104)(H,105,106)(H,107,108)(H,123,124)(H4,79,80,82)/t37-,39-,40-,41-,42-,43-,44-,45-,46-,47-,48-,49-,50-,57-,58-,59-/m0/s1. The number of rotatable bonds is 60. The van der Waals surface area contributed by atoms with Gasteiger partial charge in [-0.2, -0.15) is 11.8 Å². The maximum atomic E-state index is 14.7. The number of aromatic nitrogens is 2. The smallest absolute Gasteiger partial charge is 0.326 e. The van der Waals surface area contributed by atoms with E-state index in [1.807, 2.05) is 0 Å². The molecule has 1 aliphatic heterocycles. The summed E-state index contributed by atoms with van der Waals surface area (Å²) in [5, 5.41) is 100. The van der Waals surface area contributed by atoms with Crippen molar-refractivity contribution in [1.82, 2.24) is 89.3 Å². The third-order valence-electron chi connectivity index (χ3n) is 19.6. The van der Waals surface area contributed by atoms with Crippen molar-refractivity contribution in [3.8, 4) is 0 Å². The van der Waals surface area contributed by atoms with E-state index in [4.69, 9.17) is 33.5 Å². The fourth-order valence-electron chi connectivity index (χ4n) is 12.6. The number of carbonyl (C=O) groups is 21. The molecule has 0 saturated carbocycles. The van der Waals surface area contributed by atoms with E-state index in [0.29, 0.717) is 5.75 Å². The molecule has 0 radical (unpaired) electrons. The second kappa shape index (κ2) is 55.0. The maximum absolute atomic E-state index is 14.7. The molecular formula is C75H122N22O27S. The topological polar surface area (TPSA) is 808 Å². The van der Waals surface area contributed by atoms with Crippen molar-refractivity contribution < 1.29 is 131 Å². The first-order valence-electron chi connectivity index (χ1n) is 40.4. The van der Waals surface area contributed by atoms with Gasteiger partial charge >= 0.3 is 29.8 Å². The lowest BCUT2D eigenvalue weighted by molar-refractivity contribution is -0.143. The van der Waals surface area contributed by atoms with Crippen molar-refractivity contribution in [3.05, 3.63) is 18.2 Å². The molecule has 1 aromatic heterocycles. The van der Waals surface area contributed by atoms with E-state index < -0.39 is 315 Å². The number of nitrogens with zero attached hydrogens (tertiary/aromatic N) is 2. The number of aromatic amines is 1. The van der Waals surface area contributed by atoms with Crippen LogP contribution < -0.4 is 97.4 Å². The summed E-state index contributed by atoms with van der Waals surface area (Å²) < 4.78 is 0. The molecule has 50 heteroatoms. The van der Waals surface area contributed by atoms with Gasteiger partial charge in [-0.1, -0.05) is 61.8 Å². The first-order chi connectivity index (χ1) is 58.5. The number of guanidine groups is 1. The number of hydrogen-bond acceptors (Lipinski definition) is 26. The van der Waals surface area contributed by atoms with Crippen molar-refractivity contribution in [2.75, 3.05) is 31.7 Å². The molecule has 1 aromatic rings. The van der Waals surface area contributed by atoms with Gasteiger partial charge in [-0.15, -0.1) is 0 Å². The minimum atomic E-state index is -2.16. The van der Waals surface area contributed by atoms with Crippen LogP contribution in [0.4, 0.5) is 0 Å². The number of aliphatic carboxylic acids is 5.